The quantitative estimate of drug-likeness (QED) is 0.342. The van der Waals surface area contributed by atoms with E-state index in [1.54, 1.807) is 0 Å². The summed E-state index contributed by atoms with van der Waals surface area (Å²) in [6.07, 6.45) is 17.0. The molecule has 0 aliphatic carbocycles. The first-order valence-corrected chi connectivity index (χ1v) is 9.16. The van der Waals surface area contributed by atoms with Crippen LogP contribution in [0.3, 0.4) is 0 Å². The standard InChI is InChI=1S/C18H37FO2/c19-15-12-10-8-6-4-2-1-3-5-7-9-11-13-17-21-18-14-16-20/h20H,1-18H2. The Balaban J connectivity index is 2.90. The van der Waals surface area contributed by atoms with Crippen molar-refractivity contribution in [1.29, 1.82) is 0 Å². The van der Waals surface area contributed by atoms with Gasteiger partial charge in [0, 0.05) is 19.8 Å². The van der Waals surface area contributed by atoms with Gasteiger partial charge < -0.3 is 9.84 Å². The van der Waals surface area contributed by atoms with Gasteiger partial charge in [0.15, 0.2) is 0 Å². The Morgan fingerprint density at radius 3 is 1.33 bits per heavy atom. The van der Waals surface area contributed by atoms with Crippen molar-refractivity contribution in [1.82, 2.24) is 0 Å². The van der Waals surface area contributed by atoms with Gasteiger partial charge in [0.2, 0.25) is 0 Å². The topological polar surface area (TPSA) is 29.5 Å². The maximum atomic E-state index is 11.9. The van der Waals surface area contributed by atoms with Gasteiger partial charge in [0.05, 0.1) is 6.67 Å². The first kappa shape index (κ1) is 20.9. The lowest BCUT2D eigenvalue weighted by atomic mass is 10.0. The predicted molar refractivity (Wildman–Crippen MR) is 88.5 cm³/mol. The zero-order chi connectivity index (χ0) is 15.4. The van der Waals surface area contributed by atoms with Crippen LogP contribution in [-0.4, -0.2) is 31.6 Å². The lowest BCUT2D eigenvalue weighted by molar-refractivity contribution is 0.112. The highest BCUT2D eigenvalue weighted by atomic mass is 19.1. The Hall–Kier alpha value is -0.150. The third-order valence-electron chi connectivity index (χ3n) is 3.87. The van der Waals surface area contributed by atoms with Crippen LogP contribution in [0.1, 0.15) is 89.9 Å². The van der Waals surface area contributed by atoms with Crippen LogP contribution in [0, 0.1) is 0 Å². The lowest BCUT2D eigenvalue weighted by Crippen LogP contribution is -1.98. The van der Waals surface area contributed by atoms with Crippen LogP contribution in [0.2, 0.25) is 0 Å². The Morgan fingerprint density at radius 1 is 0.524 bits per heavy atom. The average Bonchev–Trinajstić information content (AvgIpc) is 2.50. The van der Waals surface area contributed by atoms with Gasteiger partial charge in [-0.2, -0.15) is 0 Å². The van der Waals surface area contributed by atoms with Crippen molar-refractivity contribution in [2.75, 3.05) is 26.5 Å². The molecule has 0 fully saturated rings. The molecule has 0 aromatic carbocycles. The largest absolute Gasteiger partial charge is 0.396 e. The van der Waals surface area contributed by atoms with Crippen LogP contribution in [0.5, 0.6) is 0 Å². The van der Waals surface area contributed by atoms with Crippen molar-refractivity contribution in [3.8, 4) is 0 Å². The molecule has 2 nitrogen and oxygen atoms in total. The van der Waals surface area contributed by atoms with E-state index < -0.39 is 0 Å². The van der Waals surface area contributed by atoms with E-state index in [1.165, 1.54) is 64.2 Å². The second-order valence-corrected chi connectivity index (χ2v) is 5.97. The van der Waals surface area contributed by atoms with E-state index in [1.807, 2.05) is 0 Å². The molecular weight excluding hydrogens is 267 g/mol. The van der Waals surface area contributed by atoms with Gasteiger partial charge in [-0.05, 0) is 19.3 Å². The third kappa shape index (κ3) is 19.9. The molecule has 0 aromatic rings. The molecule has 128 valence electrons. The molecule has 0 bridgehead atoms. The fourth-order valence-corrected chi connectivity index (χ4v) is 2.51. The number of alkyl halides is 1. The van der Waals surface area contributed by atoms with Crippen LogP contribution < -0.4 is 0 Å². The van der Waals surface area contributed by atoms with Gasteiger partial charge in [-0.3, -0.25) is 4.39 Å². The molecule has 0 radical (unpaired) electrons. The Morgan fingerprint density at radius 2 is 0.905 bits per heavy atom. The molecule has 0 aliphatic heterocycles. The van der Waals surface area contributed by atoms with Crippen LogP contribution in [0.15, 0.2) is 0 Å². The molecule has 0 heterocycles. The number of unbranched alkanes of at least 4 members (excludes halogenated alkanes) is 12. The average molecular weight is 304 g/mol. The number of rotatable bonds is 18. The summed E-state index contributed by atoms with van der Waals surface area (Å²) in [5.41, 5.74) is 0. The molecular formula is C18H37FO2. The first-order valence-electron chi connectivity index (χ1n) is 9.16. The molecule has 1 N–H and O–H groups in total. The highest BCUT2D eigenvalue weighted by Crippen LogP contribution is 2.12. The minimum atomic E-state index is -0.144. The molecule has 0 atom stereocenters. The van der Waals surface area contributed by atoms with Gasteiger partial charge >= 0.3 is 0 Å². The molecule has 0 spiro atoms. The van der Waals surface area contributed by atoms with E-state index >= 15 is 0 Å². The third-order valence-corrected chi connectivity index (χ3v) is 3.87. The van der Waals surface area contributed by atoms with E-state index in [9.17, 15) is 4.39 Å². The van der Waals surface area contributed by atoms with E-state index in [4.69, 9.17) is 9.84 Å². The molecule has 0 amide bonds. The summed E-state index contributed by atoms with van der Waals surface area (Å²) in [6, 6.07) is 0. The molecule has 3 heteroatoms. The van der Waals surface area contributed by atoms with Crippen molar-refractivity contribution in [3.63, 3.8) is 0 Å². The second kappa shape index (κ2) is 19.9. The molecule has 21 heavy (non-hydrogen) atoms. The summed E-state index contributed by atoms with van der Waals surface area (Å²) in [5, 5.41) is 8.60. The highest BCUT2D eigenvalue weighted by molar-refractivity contribution is 4.49. The first-order chi connectivity index (χ1) is 10.4. The monoisotopic (exact) mass is 304 g/mol. The van der Waals surface area contributed by atoms with Gasteiger partial charge in [0.1, 0.15) is 0 Å². The molecule has 0 aliphatic rings. The smallest absolute Gasteiger partial charge is 0.0894 e. The van der Waals surface area contributed by atoms with Crippen LogP contribution in [0.4, 0.5) is 4.39 Å². The maximum Gasteiger partial charge on any atom is 0.0894 e. The van der Waals surface area contributed by atoms with Crippen molar-refractivity contribution >= 4 is 0 Å². The molecule has 0 saturated carbocycles. The summed E-state index contributed by atoms with van der Waals surface area (Å²) in [6.45, 7) is 1.64. The molecule has 0 aromatic heterocycles. The van der Waals surface area contributed by atoms with Crippen molar-refractivity contribution in [2.24, 2.45) is 0 Å². The van der Waals surface area contributed by atoms with Crippen molar-refractivity contribution in [3.05, 3.63) is 0 Å². The van der Waals surface area contributed by atoms with E-state index in [0.717, 1.165) is 32.3 Å². The minimum absolute atomic E-state index is 0.144. The summed E-state index contributed by atoms with van der Waals surface area (Å²) < 4.78 is 17.3. The van der Waals surface area contributed by atoms with Crippen LogP contribution in [-0.2, 0) is 4.74 Å². The number of hydrogen-bond donors (Lipinski definition) is 1. The fourth-order valence-electron chi connectivity index (χ4n) is 2.51. The normalized spacial score (nSPS) is 11.1. The predicted octanol–water partition coefficient (Wildman–Crippen LogP) is 5.43. The SMILES string of the molecule is OCCCOCCCCCCCCCCCCCCCF. The summed E-state index contributed by atoms with van der Waals surface area (Å²) in [7, 11) is 0. The van der Waals surface area contributed by atoms with E-state index in [-0.39, 0.29) is 13.3 Å². The van der Waals surface area contributed by atoms with Gasteiger partial charge in [-0.1, -0.05) is 70.6 Å². The lowest BCUT2D eigenvalue weighted by Gasteiger charge is -2.04. The van der Waals surface area contributed by atoms with Gasteiger partial charge in [0.25, 0.3) is 0 Å². The van der Waals surface area contributed by atoms with E-state index in [2.05, 4.69) is 0 Å². The van der Waals surface area contributed by atoms with Crippen molar-refractivity contribution < 1.29 is 14.2 Å². The summed E-state index contributed by atoms with van der Waals surface area (Å²) in [5.74, 6) is 0. The Labute approximate surface area is 131 Å². The number of aliphatic hydroxyl groups excluding tert-OH is 1. The highest BCUT2D eigenvalue weighted by Gasteiger charge is 1.94. The van der Waals surface area contributed by atoms with Gasteiger partial charge in [-0.15, -0.1) is 0 Å². The zero-order valence-corrected chi connectivity index (χ0v) is 14.0. The molecule has 0 rings (SSSR count). The fraction of sp³-hybridized carbons (Fsp3) is 1.00. The number of aliphatic hydroxyl groups is 1. The minimum Gasteiger partial charge on any atom is -0.396 e. The molecule has 0 saturated heterocycles. The second-order valence-electron chi connectivity index (χ2n) is 5.97. The Bertz CT molecular complexity index is 159. The number of halogens is 1. The zero-order valence-electron chi connectivity index (χ0n) is 14.0. The van der Waals surface area contributed by atoms with Crippen LogP contribution in [0.25, 0.3) is 0 Å². The number of hydrogen-bond acceptors (Lipinski definition) is 2. The maximum absolute atomic E-state index is 11.9. The number of ether oxygens (including phenoxy) is 1. The van der Waals surface area contributed by atoms with Crippen LogP contribution >= 0.6 is 0 Å². The Kier molecular flexibility index (Phi) is 19.7. The summed E-state index contributed by atoms with van der Waals surface area (Å²) >= 11 is 0. The molecule has 0 unspecified atom stereocenters. The van der Waals surface area contributed by atoms with Crippen molar-refractivity contribution in [2.45, 2.75) is 89.9 Å². The summed E-state index contributed by atoms with van der Waals surface area (Å²) in [4.78, 5) is 0. The van der Waals surface area contributed by atoms with E-state index in [0.29, 0.717) is 6.61 Å². The van der Waals surface area contributed by atoms with Gasteiger partial charge in [-0.25, -0.2) is 0 Å².